The van der Waals surface area contributed by atoms with Crippen LogP contribution in [0.25, 0.3) is 0 Å². The summed E-state index contributed by atoms with van der Waals surface area (Å²) in [5.74, 6) is -1.29. The summed E-state index contributed by atoms with van der Waals surface area (Å²) in [7, 11) is -0.842. The highest BCUT2D eigenvalue weighted by Gasteiger charge is 2.32. The Morgan fingerprint density at radius 2 is 1.96 bits per heavy atom. The van der Waals surface area contributed by atoms with Crippen LogP contribution in [0.15, 0.2) is 23.1 Å². The molecular weight excluding hydrogens is 360 g/mol. The number of hydrogen-bond donors (Lipinski definition) is 0. The van der Waals surface area contributed by atoms with E-state index in [1.807, 2.05) is 4.90 Å². The third-order valence-corrected chi connectivity index (χ3v) is 6.36. The van der Waals surface area contributed by atoms with Crippen molar-refractivity contribution in [3.8, 4) is 0 Å². The maximum absolute atomic E-state index is 12.7. The van der Waals surface area contributed by atoms with Crippen LogP contribution in [0.4, 0.5) is 5.69 Å². The molecule has 0 amide bonds. The first-order valence-corrected chi connectivity index (χ1v) is 9.94. The van der Waals surface area contributed by atoms with Crippen LogP contribution in [0, 0.1) is 0 Å². The van der Waals surface area contributed by atoms with Gasteiger partial charge in [-0.3, -0.25) is 0 Å². The molecule has 2 heterocycles. The summed E-state index contributed by atoms with van der Waals surface area (Å²) in [4.78, 5) is 26.3. The number of ether oxygens (including phenoxy) is 2. The van der Waals surface area contributed by atoms with E-state index in [-0.39, 0.29) is 17.1 Å². The van der Waals surface area contributed by atoms with Gasteiger partial charge in [-0.2, -0.15) is 0 Å². The van der Waals surface area contributed by atoms with Gasteiger partial charge in [-0.1, -0.05) is 0 Å². The van der Waals surface area contributed by atoms with Crippen molar-refractivity contribution in [3.05, 3.63) is 23.8 Å². The van der Waals surface area contributed by atoms with Gasteiger partial charge in [0.15, 0.2) is 0 Å². The predicted molar refractivity (Wildman–Crippen MR) is 93.5 cm³/mol. The Kier molecular flexibility index (Phi) is 5.19. The lowest BCUT2D eigenvalue weighted by atomic mass is 10.1. The first kappa shape index (κ1) is 18.7. The molecule has 0 bridgehead atoms. The molecular formula is C17H22N2O6S. The van der Waals surface area contributed by atoms with Crippen LogP contribution in [0.1, 0.15) is 29.6 Å². The SMILES string of the molecule is CN(C)S(=O)(=O)c1ccc(N2CCCC2)c(C(=O)OC2CCOC2=O)c1. The fourth-order valence-corrected chi connectivity index (χ4v) is 3.99. The second-order valence-electron chi connectivity index (χ2n) is 6.51. The number of benzene rings is 1. The number of rotatable bonds is 5. The first-order chi connectivity index (χ1) is 12.3. The quantitative estimate of drug-likeness (QED) is 0.702. The molecule has 26 heavy (non-hydrogen) atoms. The van der Waals surface area contributed by atoms with Crippen LogP contribution in [-0.2, 0) is 24.3 Å². The Hall–Kier alpha value is -2.13. The van der Waals surface area contributed by atoms with Crippen molar-refractivity contribution in [3.63, 3.8) is 0 Å². The molecule has 8 nitrogen and oxygen atoms in total. The maximum Gasteiger partial charge on any atom is 0.347 e. The number of anilines is 1. The normalized spacial score (nSPS) is 20.5. The third kappa shape index (κ3) is 3.54. The summed E-state index contributed by atoms with van der Waals surface area (Å²) < 4.78 is 36.0. The minimum atomic E-state index is -3.70. The molecule has 0 radical (unpaired) electrons. The van der Waals surface area contributed by atoms with Gasteiger partial charge < -0.3 is 14.4 Å². The number of sulfonamides is 1. The molecule has 2 saturated heterocycles. The molecule has 1 aromatic rings. The summed E-state index contributed by atoms with van der Waals surface area (Å²) in [6.45, 7) is 1.78. The Labute approximate surface area is 152 Å². The van der Waals surface area contributed by atoms with Crippen molar-refractivity contribution in [2.45, 2.75) is 30.3 Å². The lowest BCUT2D eigenvalue weighted by Gasteiger charge is -2.22. The van der Waals surface area contributed by atoms with Gasteiger partial charge in [0.1, 0.15) is 0 Å². The summed E-state index contributed by atoms with van der Waals surface area (Å²) in [6.07, 6.45) is 1.37. The van der Waals surface area contributed by atoms with Crippen LogP contribution >= 0.6 is 0 Å². The molecule has 0 N–H and O–H groups in total. The van der Waals surface area contributed by atoms with E-state index in [1.165, 1.54) is 26.2 Å². The summed E-state index contributed by atoms with van der Waals surface area (Å²) in [5, 5.41) is 0. The van der Waals surface area contributed by atoms with E-state index in [2.05, 4.69) is 0 Å². The molecule has 0 spiro atoms. The fraction of sp³-hybridized carbons (Fsp3) is 0.529. The molecule has 3 rings (SSSR count). The van der Waals surface area contributed by atoms with Crippen molar-refractivity contribution in [2.75, 3.05) is 38.7 Å². The Morgan fingerprint density at radius 1 is 1.27 bits per heavy atom. The van der Waals surface area contributed by atoms with Gasteiger partial charge in [0.25, 0.3) is 0 Å². The predicted octanol–water partition coefficient (Wildman–Crippen LogP) is 1.01. The van der Waals surface area contributed by atoms with Crippen molar-refractivity contribution in [2.24, 2.45) is 0 Å². The molecule has 2 fully saturated rings. The molecule has 0 aliphatic carbocycles. The lowest BCUT2D eigenvalue weighted by molar-refractivity contribution is -0.145. The largest absolute Gasteiger partial charge is 0.463 e. The Balaban J connectivity index is 1.98. The average molecular weight is 382 g/mol. The number of hydrogen-bond acceptors (Lipinski definition) is 7. The van der Waals surface area contributed by atoms with E-state index in [0.717, 1.165) is 30.2 Å². The highest BCUT2D eigenvalue weighted by molar-refractivity contribution is 7.89. The molecule has 1 aromatic carbocycles. The summed E-state index contributed by atoms with van der Waals surface area (Å²) in [5.41, 5.74) is 0.770. The Morgan fingerprint density at radius 3 is 2.54 bits per heavy atom. The molecule has 9 heteroatoms. The molecule has 1 unspecified atom stereocenters. The number of nitrogens with zero attached hydrogens (tertiary/aromatic N) is 2. The van der Waals surface area contributed by atoms with Crippen molar-refractivity contribution < 1.29 is 27.5 Å². The zero-order chi connectivity index (χ0) is 18.9. The van der Waals surface area contributed by atoms with Crippen LogP contribution in [0.2, 0.25) is 0 Å². The molecule has 2 aliphatic heterocycles. The topological polar surface area (TPSA) is 93.2 Å². The van der Waals surface area contributed by atoms with E-state index < -0.39 is 28.1 Å². The highest BCUT2D eigenvalue weighted by atomic mass is 32.2. The van der Waals surface area contributed by atoms with E-state index >= 15 is 0 Å². The van der Waals surface area contributed by atoms with Crippen LogP contribution in [-0.4, -0.2) is 64.6 Å². The minimum Gasteiger partial charge on any atom is -0.463 e. The zero-order valence-corrected chi connectivity index (χ0v) is 15.6. The summed E-state index contributed by atoms with van der Waals surface area (Å²) in [6, 6.07) is 4.44. The second-order valence-corrected chi connectivity index (χ2v) is 8.66. The van der Waals surface area contributed by atoms with Gasteiger partial charge in [-0.25, -0.2) is 22.3 Å². The van der Waals surface area contributed by atoms with E-state index in [4.69, 9.17) is 9.47 Å². The maximum atomic E-state index is 12.7. The average Bonchev–Trinajstić information content (AvgIpc) is 3.26. The van der Waals surface area contributed by atoms with E-state index in [0.29, 0.717) is 12.1 Å². The van der Waals surface area contributed by atoms with Crippen molar-refractivity contribution >= 4 is 27.6 Å². The van der Waals surface area contributed by atoms with Gasteiger partial charge in [0, 0.05) is 33.6 Å². The van der Waals surface area contributed by atoms with Crippen molar-refractivity contribution in [1.82, 2.24) is 4.31 Å². The molecule has 142 valence electrons. The smallest absolute Gasteiger partial charge is 0.347 e. The van der Waals surface area contributed by atoms with Gasteiger partial charge in [0.05, 0.1) is 22.8 Å². The molecule has 2 aliphatic rings. The third-order valence-electron chi connectivity index (χ3n) is 4.55. The number of carbonyl (C=O) groups is 2. The van der Waals surface area contributed by atoms with Crippen LogP contribution in [0.3, 0.4) is 0 Å². The van der Waals surface area contributed by atoms with Crippen LogP contribution < -0.4 is 4.90 Å². The van der Waals surface area contributed by atoms with Crippen molar-refractivity contribution in [1.29, 1.82) is 0 Å². The summed E-state index contributed by atoms with van der Waals surface area (Å²) >= 11 is 0. The molecule has 0 aromatic heterocycles. The van der Waals surface area contributed by atoms with Crippen LogP contribution in [0.5, 0.6) is 0 Å². The lowest BCUT2D eigenvalue weighted by Crippen LogP contribution is -2.27. The van der Waals surface area contributed by atoms with Gasteiger partial charge in [-0.15, -0.1) is 0 Å². The van der Waals surface area contributed by atoms with Gasteiger partial charge in [-0.05, 0) is 31.0 Å². The number of esters is 2. The Bertz CT molecular complexity index is 815. The molecule has 0 saturated carbocycles. The minimum absolute atomic E-state index is 0.00592. The van der Waals surface area contributed by atoms with Gasteiger partial charge >= 0.3 is 11.9 Å². The van der Waals surface area contributed by atoms with Gasteiger partial charge in [0.2, 0.25) is 16.1 Å². The van der Waals surface area contributed by atoms with E-state index in [9.17, 15) is 18.0 Å². The zero-order valence-electron chi connectivity index (χ0n) is 14.8. The highest BCUT2D eigenvalue weighted by Crippen LogP contribution is 2.29. The monoisotopic (exact) mass is 382 g/mol. The number of cyclic esters (lactones) is 1. The fourth-order valence-electron chi connectivity index (χ4n) is 3.06. The standard InChI is InChI=1S/C17H22N2O6S/c1-18(2)26(22,23)12-5-6-14(19-8-3-4-9-19)13(11-12)16(20)25-15-7-10-24-17(15)21/h5-6,11,15H,3-4,7-10H2,1-2H3. The first-order valence-electron chi connectivity index (χ1n) is 8.50. The van der Waals surface area contributed by atoms with E-state index in [1.54, 1.807) is 6.07 Å². The number of carbonyl (C=O) groups excluding carboxylic acids is 2. The second kappa shape index (κ2) is 7.24. The molecule has 1 atom stereocenters.